The maximum atomic E-state index is 12.9. The summed E-state index contributed by atoms with van der Waals surface area (Å²) in [6.45, 7) is 4.82. The highest BCUT2D eigenvalue weighted by Gasteiger charge is 2.27. The van der Waals surface area contributed by atoms with Gasteiger partial charge < -0.3 is 19.8 Å². The van der Waals surface area contributed by atoms with E-state index in [0.29, 0.717) is 17.4 Å². The number of likely N-dealkylation sites (N-methyl/N-ethyl adjacent to an activating group) is 1. The molecule has 0 aromatic heterocycles. The monoisotopic (exact) mass is 924 g/mol. The number of nitrogens with one attached hydrogen (secondary N) is 1. The number of quaternary nitrogens is 1. The highest BCUT2D eigenvalue weighted by atomic mass is 31.2. The molecule has 1 amide bonds. The first kappa shape index (κ1) is 62.7. The lowest BCUT2D eigenvalue weighted by atomic mass is 10.0. The predicted molar refractivity (Wildman–Crippen MR) is 277 cm³/mol. The van der Waals surface area contributed by atoms with Gasteiger partial charge in [-0.2, -0.15) is 0 Å². The van der Waals surface area contributed by atoms with Crippen molar-refractivity contribution >= 4 is 13.7 Å². The first-order valence-corrected chi connectivity index (χ1v) is 28.9. The van der Waals surface area contributed by atoms with Gasteiger partial charge in [0.25, 0.3) is 0 Å². The summed E-state index contributed by atoms with van der Waals surface area (Å²) < 4.78 is 23.7. The topological polar surface area (TPSA) is 105 Å². The van der Waals surface area contributed by atoms with Crippen molar-refractivity contribution in [1.82, 2.24) is 5.32 Å². The highest BCUT2D eigenvalue weighted by molar-refractivity contribution is 7.47. The Morgan fingerprint density at radius 2 is 0.859 bits per heavy atom. The third-order valence-corrected chi connectivity index (χ3v) is 13.3. The Balaban J connectivity index is 4.31. The van der Waals surface area contributed by atoms with Crippen molar-refractivity contribution in [3.63, 3.8) is 0 Å². The van der Waals surface area contributed by atoms with E-state index in [1.165, 1.54) is 199 Å². The Bertz CT molecular complexity index is 1140. The Morgan fingerprint density at radius 3 is 1.25 bits per heavy atom. The number of carbonyl (C=O) groups excluding carboxylic acids is 1. The number of unbranched alkanes of at least 4 members (excludes halogenated alkanes) is 33. The van der Waals surface area contributed by atoms with Crippen LogP contribution < -0.4 is 5.32 Å². The van der Waals surface area contributed by atoms with Crippen molar-refractivity contribution < 1.29 is 32.9 Å². The molecule has 64 heavy (non-hydrogen) atoms. The lowest BCUT2D eigenvalue weighted by Crippen LogP contribution is -2.45. The van der Waals surface area contributed by atoms with E-state index >= 15 is 0 Å². The van der Waals surface area contributed by atoms with Crippen LogP contribution in [0.1, 0.15) is 258 Å². The third kappa shape index (κ3) is 48.6. The minimum Gasteiger partial charge on any atom is -0.387 e. The summed E-state index contributed by atoms with van der Waals surface area (Å²) in [6.07, 6.45) is 59.5. The highest BCUT2D eigenvalue weighted by Crippen LogP contribution is 2.43. The molecule has 0 rings (SSSR count). The molecular weight excluding hydrogens is 816 g/mol. The van der Waals surface area contributed by atoms with Crippen LogP contribution in [-0.2, 0) is 18.4 Å². The summed E-state index contributed by atoms with van der Waals surface area (Å²) in [4.78, 5) is 23.2. The number of aliphatic hydroxyl groups excluding tert-OH is 1. The molecule has 0 aliphatic heterocycles. The van der Waals surface area contributed by atoms with Crippen LogP contribution in [0.25, 0.3) is 0 Å². The van der Waals surface area contributed by atoms with Gasteiger partial charge in [0.1, 0.15) is 13.2 Å². The van der Waals surface area contributed by atoms with E-state index in [-0.39, 0.29) is 19.1 Å². The number of hydrogen-bond donors (Lipinski definition) is 3. The van der Waals surface area contributed by atoms with Crippen molar-refractivity contribution in [3.8, 4) is 0 Å². The zero-order valence-corrected chi connectivity index (χ0v) is 43.9. The fourth-order valence-electron chi connectivity index (χ4n) is 7.99. The average Bonchev–Trinajstić information content (AvgIpc) is 3.25. The number of allylic oxidation sites excluding steroid dienone is 5. The lowest BCUT2D eigenvalue weighted by molar-refractivity contribution is -0.870. The molecule has 3 N–H and O–H groups in total. The van der Waals surface area contributed by atoms with Crippen molar-refractivity contribution in [2.24, 2.45) is 0 Å². The van der Waals surface area contributed by atoms with E-state index in [1.54, 1.807) is 6.08 Å². The molecule has 0 saturated carbocycles. The second kappa shape index (κ2) is 46.8. The molecule has 0 aliphatic carbocycles. The fraction of sp³-hybridized carbons (Fsp3) is 0.873. The number of amides is 1. The summed E-state index contributed by atoms with van der Waals surface area (Å²) >= 11 is 0. The molecule has 0 bridgehead atoms. The molecule has 0 saturated heterocycles. The van der Waals surface area contributed by atoms with Crippen LogP contribution in [-0.4, -0.2) is 73.4 Å². The van der Waals surface area contributed by atoms with E-state index in [1.807, 2.05) is 27.2 Å². The Morgan fingerprint density at radius 1 is 0.516 bits per heavy atom. The maximum Gasteiger partial charge on any atom is 0.472 e. The normalized spacial score (nSPS) is 14.3. The van der Waals surface area contributed by atoms with Crippen LogP contribution in [0.4, 0.5) is 0 Å². The largest absolute Gasteiger partial charge is 0.472 e. The fourth-order valence-corrected chi connectivity index (χ4v) is 8.73. The van der Waals surface area contributed by atoms with Gasteiger partial charge in [0.05, 0.1) is 39.9 Å². The molecule has 0 radical (unpaired) electrons. The predicted octanol–water partition coefficient (Wildman–Crippen LogP) is 16.2. The maximum absolute atomic E-state index is 12.9. The van der Waals surface area contributed by atoms with Gasteiger partial charge in [-0.1, -0.05) is 230 Å². The van der Waals surface area contributed by atoms with Crippen LogP contribution in [0.2, 0.25) is 0 Å². The molecule has 0 heterocycles. The van der Waals surface area contributed by atoms with Gasteiger partial charge >= 0.3 is 7.82 Å². The number of hydrogen-bond acceptors (Lipinski definition) is 5. The summed E-state index contributed by atoms with van der Waals surface area (Å²) in [5.74, 6) is -0.189. The molecule has 3 atom stereocenters. The quantitative estimate of drug-likeness (QED) is 0.0243. The van der Waals surface area contributed by atoms with Gasteiger partial charge in [0.2, 0.25) is 5.91 Å². The van der Waals surface area contributed by atoms with Crippen molar-refractivity contribution in [2.45, 2.75) is 270 Å². The molecule has 0 spiro atoms. The Labute approximate surface area is 397 Å². The Hall–Kier alpha value is -1.28. The zero-order valence-electron chi connectivity index (χ0n) is 43.0. The van der Waals surface area contributed by atoms with Gasteiger partial charge in [-0.15, -0.1) is 0 Å². The van der Waals surface area contributed by atoms with Crippen molar-refractivity contribution in [3.05, 3.63) is 36.5 Å². The van der Waals surface area contributed by atoms with E-state index in [4.69, 9.17) is 9.05 Å². The summed E-state index contributed by atoms with van der Waals surface area (Å²) in [7, 11) is 1.56. The van der Waals surface area contributed by atoms with Gasteiger partial charge in [-0.05, 0) is 57.8 Å². The van der Waals surface area contributed by atoms with Crippen LogP contribution in [0.5, 0.6) is 0 Å². The van der Waals surface area contributed by atoms with Crippen LogP contribution >= 0.6 is 7.82 Å². The molecule has 3 unspecified atom stereocenters. The summed E-state index contributed by atoms with van der Waals surface area (Å²) in [6, 6.07) is -0.865. The van der Waals surface area contributed by atoms with Crippen LogP contribution in [0, 0.1) is 0 Å². The van der Waals surface area contributed by atoms with Gasteiger partial charge in [0.15, 0.2) is 0 Å². The smallest absolute Gasteiger partial charge is 0.387 e. The number of phosphoric acid groups is 1. The second-order valence-corrected chi connectivity index (χ2v) is 21.4. The van der Waals surface area contributed by atoms with E-state index in [2.05, 4.69) is 43.5 Å². The molecule has 8 nitrogen and oxygen atoms in total. The first-order valence-electron chi connectivity index (χ1n) is 27.4. The summed E-state index contributed by atoms with van der Waals surface area (Å²) in [5.41, 5.74) is 0. The summed E-state index contributed by atoms with van der Waals surface area (Å²) in [5, 5.41) is 13.9. The molecule has 0 aromatic rings. The minimum atomic E-state index is -4.35. The second-order valence-electron chi connectivity index (χ2n) is 19.9. The van der Waals surface area contributed by atoms with Gasteiger partial charge in [-0.3, -0.25) is 13.8 Å². The minimum absolute atomic E-state index is 0.0558. The number of carbonyl (C=O) groups is 1. The van der Waals surface area contributed by atoms with Gasteiger partial charge in [0, 0.05) is 6.42 Å². The molecule has 0 aromatic carbocycles. The van der Waals surface area contributed by atoms with Crippen LogP contribution in [0.15, 0.2) is 36.5 Å². The lowest BCUT2D eigenvalue weighted by Gasteiger charge is -2.25. The van der Waals surface area contributed by atoms with E-state index in [0.717, 1.165) is 38.5 Å². The Kier molecular flexibility index (Phi) is 45.9. The van der Waals surface area contributed by atoms with Gasteiger partial charge in [-0.25, -0.2) is 4.57 Å². The van der Waals surface area contributed by atoms with Crippen LogP contribution in [0.3, 0.4) is 0 Å². The van der Waals surface area contributed by atoms with E-state index in [9.17, 15) is 19.4 Å². The number of aliphatic hydroxyl groups is 1. The average molecular weight is 924 g/mol. The number of phosphoric ester groups is 1. The molecule has 0 fully saturated rings. The number of nitrogens with zero attached hydrogens (tertiary/aromatic N) is 1. The third-order valence-electron chi connectivity index (χ3n) is 12.3. The molecule has 9 heteroatoms. The zero-order chi connectivity index (χ0) is 47.1. The first-order chi connectivity index (χ1) is 31.0. The standard InChI is InChI=1S/C55H107N2O6P/c1-6-8-10-12-14-16-18-20-22-24-26-27-28-29-31-32-34-36-38-40-42-44-46-48-54(58)53(52-63-64(60,61)62-51-50-57(3,4)5)56-55(59)49-47-45-43-41-39-37-35-33-30-25-23-21-19-17-15-13-11-9-7-2/h25,30,38,40,46,48,53-54,58H,6-24,26-29,31-37,39,41-45,47,49-52H2,1-5H3,(H-,56,59,60,61)/p+1/b30-25-,40-38+,48-46+. The SMILES string of the molecule is CCCCCCCCCC/C=C\CCCCCCCCCC(=O)NC(COP(=O)(O)OCC[N+](C)(C)C)C(O)/C=C/CC/C=C/CCCCCCCCCCCCCCCCCCC. The van der Waals surface area contributed by atoms with Crippen molar-refractivity contribution in [2.75, 3.05) is 40.9 Å². The molecular formula is C55H108N2O6P+. The molecule has 378 valence electrons. The van der Waals surface area contributed by atoms with Crippen molar-refractivity contribution in [1.29, 1.82) is 0 Å². The number of rotatable bonds is 50. The van der Waals surface area contributed by atoms with E-state index < -0.39 is 20.0 Å². The molecule has 0 aliphatic rings.